The second-order valence-corrected chi connectivity index (χ2v) is 6.64. The lowest BCUT2D eigenvalue weighted by molar-refractivity contribution is -0.141. The molecule has 3 rings (SSSR count). The standard InChI is InChI=1S/C14H23N5O2/c1-8(4-13-16-18-19-17-13)9-2-3-10-7-15-12(14(20)21)6-11(10)5-9/h8-12,15H,2-7H2,1H3,(H,20,21)(H,16,17,18,19)/t8?,9-,10-,11+,12-/m1/s1. The number of rotatable bonds is 4. The summed E-state index contributed by atoms with van der Waals surface area (Å²) >= 11 is 0. The molecule has 1 unspecified atom stereocenters. The lowest BCUT2D eigenvalue weighted by atomic mass is 9.66. The Kier molecular flexibility index (Phi) is 4.19. The van der Waals surface area contributed by atoms with Gasteiger partial charge in [-0.05, 0) is 55.9 Å². The molecular formula is C14H23N5O2. The molecule has 2 fully saturated rings. The van der Waals surface area contributed by atoms with Gasteiger partial charge in [-0.3, -0.25) is 4.79 Å². The van der Waals surface area contributed by atoms with Gasteiger partial charge in [-0.25, -0.2) is 0 Å². The first-order valence-corrected chi connectivity index (χ1v) is 7.82. The molecule has 3 N–H and O–H groups in total. The molecule has 2 heterocycles. The van der Waals surface area contributed by atoms with Crippen molar-refractivity contribution in [2.45, 2.75) is 45.1 Å². The van der Waals surface area contributed by atoms with Crippen molar-refractivity contribution in [1.82, 2.24) is 25.9 Å². The monoisotopic (exact) mass is 293 g/mol. The van der Waals surface area contributed by atoms with E-state index in [0.717, 1.165) is 31.6 Å². The van der Waals surface area contributed by atoms with Gasteiger partial charge in [0.15, 0.2) is 5.82 Å². The van der Waals surface area contributed by atoms with Crippen molar-refractivity contribution in [3.63, 3.8) is 0 Å². The number of aliphatic carboxylic acids is 1. The van der Waals surface area contributed by atoms with Crippen LogP contribution in [-0.2, 0) is 11.2 Å². The number of H-pyrrole nitrogens is 1. The number of carboxylic acids is 1. The highest BCUT2D eigenvalue weighted by molar-refractivity contribution is 5.73. The summed E-state index contributed by atoms with van der Waals surface area (Å²) in [7, 11) is 0. The first-order valence-electron chi connectivity index (χ1n) is 7.82. The number of carboxylic acid groups (broad SMARTS) is 1. The van der Waals surface area contributed by atoms with Crippen LogP contribution >= 0.6 is 0 Å². The predicted molar refractivity (Wildman–Crippen MR) is 75.4 cm³/mol. The van der Waals surface area contributed by atoms with Gasteiger partial charge >= 0.3 is 5.97 Å². The van der Waals surface area contributed by atoms with Crippen LogP contribution in [-0.4, -0.2) is 44.3 Å². The lowest BCUT2D eigenvalue weighted by Gasteiger charge is -2.43. The first-order chi connectivity index (χ1) is 10.1. The number of tetrazole rings is 1. The first kappa shape index (κ1) is 14.4. The zero-order valence-corrected chi connectivity index (χ0v) is 12.3. The Hall–Kier alpha value is -1.50. The average Bonchev–Trinajstić information content (AvgIpc) is 2.98. The van der Waals surface area contributed by atoms with Crippen LogP contribution in [0.5, 0.6) is 0 Å². The van der Waals surface area contributed by atoms with Crippen LogP contribution in [0.25, 0.3) is 0 Å². The molecule has 2 aliphatic rings. The van der Waals surface area contributed by atoms with Crippen molar-refractivity contribution in [1.29, 1.82) is 0 Å². The Morgan fingerprint density at radius 3 is 2.95 bits per heavy atom. The summed E-state index contributed by atoms with van der Waals surface area (Å²) in [5, 5.41) is 26.5. The van der Waals surface area contributed by atoms with Crippen LogP contribution in [0.3, 0.4) is 0 Å². The highest BCUT2D eigenvalue weighted by Gasteiger charge is 2.38. The highest BCUT2D eigenvalue weighted by Crippen LogP contribution is 2.41. The molecule has 1 saturated carbocycles. The molecule has 1 saturated heterocycles. The Labute approximate surface area is 123 Å². The molecule has 7 nitrogen and oxygen atoms in total. The molecule has 0 aromatic carbocycles. The molecule has 21 heavy (non-hydrogen) atoms. The molecule has 0 radical (unpaired) electrons. The summed E-state index contributed by atoms with van der Waals surface area (Å²) < 4.78 is 0. The SMILES string of the molecule is CC(Cc1nn[nH]n1)[C@@H]1CC[C@@H]2CN[C@@H](C(=O)O)C[C@@H]2C1. The van der Waals surface area contributed by atoms with E-state index in [-0.39, 0.29) is 6.04 Å². The van der Waals surface area contributed by atoms with E-state index in [4.69, 9.17) is 0 Å². The van der Waals surface area contributed by atoms with E-state index >= 15 is 0 Å². The van der Waals surface area contributed by atoms with E-state index in [1.807, 2.05) is 0 Å². The number of hydrogen-bond donors (Lipinski definition) is 3. The largest absolute Gasteiger partial charge is 0.480 e. The molecule has 1 aromatic heterocycles. The van der Waals surface area contributed by atoms with Gasteiger partial charge in [-0.15, -0.1) is 10.2 Å². The van der Waals surface area contributed by atoms with Crippen LogP contribution in [0.2, 0.25) is 0 Å². The van der Waals surface area contributed by atoms with Gasteiger partial charge in [-0.2, -0.15) is 5.21 Å². The van der Waals surface area contributed by atoms with Crippen LogP contribution in [0, 0.1) is 23.7 Å². The quantitative estimate of drug-likeness (QED) is 0.760. The van der Waals surface area contributed by atoms with E-state index in [0.29, 0.717) is 23.7 Å². The summed E-state index contributed by atoms with van der Waals surface area (Å²) in [6, 6.07) is -0.363. The lowest BCUT2D eigenvalue weighted by Crippen LogP contribution is -2.50. The third-order valence-corrected chi connectivity index (χ3v) is 5.34. The van der Waals surface area contributed by atoms with Crippen molar-refractivity contribution < 1.29 is 9.90 Å². The van der Waals surface area contributed by atoms with Gasteiger partial charge in [0.05, 0.1) is 0 Å². The molecule has 0 bridgehead atoms. The fourth-order valence-electron chi connectivity index (χ4n) is 4.03. The molecular weight excluding hydrogens is 270 g/mol. The van der Waals surface area contributed by atoms with Gasteiger partial charge in [0.1, 0.15) is 6.04 Å². The topological polar surface area (TPSA) is 104 Å². The van der Waals surface area contributed by atoms with E-state index < -0.39 is 5.97 Å². The van der Waals surface area contributed by atoms with Gasteiger partial charge in [0.2, 0.25) is 0 Å². The fourth-order valence-corrected chi connectivity index (χ4v) is 4.03. The van der Waals surface area contributed by atoms with Crippen LogP contribution in [0.4, 0.5) is 0 Å². The van der Waals surface area contributed by atoms with Gasteiger partial charge < -0.3 is 10.4 Å². The molecule has 7 heteroatoms. The van der Waals surface area contributed by atoms with Gasteiger partial charge in [-0.1, -0.05) is 12.1 Å². The Morgan fingerprint density at radius 1 is 1.38 bits per heavy atom. The van der Waals surface area contributed by atoms with Crippen LogP contribution < -0.4 is 5.32 Å². The predicted octanol–water partition coefficient (Wildman–Crippen LogP) is 0.857. The number of aromatic amines is 1. The average molecular weight is 293 g/mol. The molecule has 1 aromatic rings. The Balaban J connectivity index is 1.58. The number of nitrogens with zero attached hydrogens (tertiary/aromatic N) is 3. The zero-order chi connectivity index (χ0) is 14.8. The number of nitrogens with one attached hydrogen (secondary N) is 2. The third-order valence-electron chi connectivity index (χ3n) is 5.34. The Morgan fingerprint density at radius 2 is 2.24 bits per heavy atom. The Bertz CT molecular complexity index is 478. The van der Waals surface area contributed by atoms with Crippen LogP contribution in [0.15, 0.2) is 0 Å². The molecule has 1 aliphatic carbocycles. The maximum Gasteiger partial charge on any atom is 0.320 e. The smallest absolute Gasteiger partial charge is 0.320 e. The number of fused-ring (bicyclic) bond motifs is 1. The molecule has 5 atom stereocenters. The third kappa shape index (κ3) is 3.23. The van der Waals surface area contributed by atoms with E-state index in [1.54, 1.807) is 0 Å². The van der Waals surface area contributed by atoms with Crippen LogP contribution in [0.1, 0.15) is 38.4 Å². The number of piperidine rings is 1. The second kappa shape index (κ2) is 6.09. The summed E-state index contributed by atoms with van der Waals surface area (Å²) in [4.78, 5) is 11.2. The minimum Gasteiger partial charge on any atom is -0.480 e. The van der Waals surface area contributed by atoms with Crippen molar-refractivity contribution in [2.75, 3.05) is 6.54 Å². The molecule has 116 valence electrons. The molecule has 0 spiro atoms. The van der Waals surface area contributed by atoms with E-state index in [9.17, 15) is 9.90 Å². The maximum atomic E-state index is 11.2. The van der Waals surface area contributed by atoms with Crippen molar-refractivity contribution in [3.8, 4) is 0 Å². The van der Waals surface area contributed by atoms with E-state index in [2.05, 4.69) is 32.9 Å². The number of carbonyl (C=O) groups is 1. The molecule has 1 aliphatic heterocycles. The normalized spacial score (nSPS) is 34.1. The number of aromatic nitrogens is 4. The molecule has 0 amide bonds. The van der Waals surface area contributed by atoms with Gasteiger partial charge in [0, 0.05) is 6.42 Å². The summed E-state index contributed by atoms with van der Waals surface area (Å²) in [5.41, 5.74) is 0. The summed E-state index contributed by atoms with van der Waals surface area (Å²) in [5.74, 6) is 2.40. The highest BCUT2D eigenvalue weighted by atomic mass is 16.4. The summed E-state index contributed by atoms with van der Waals surface area (Å²) in [6.07, 6.45) is 5.17. The summed E-state index contributed by atoms with van der Waals surface area (Å²) in [6.45, 7) is 3.10. The fraction of sp³-hybridized carbons (Fsp3) is 0.857. The maximum absolute atomic E-state index is 11.2. The second-order valence-electron chi connectivity index (χ2n) is 6.64. The van der Waals surface area contributed by atoms with Crippen molar-refractivity contribution in [2.24, 2.45) is 23.7 Å². The van der Waals surface area contributed by atoms with Crippen molar-refractivity contribution in [3.05, 3.63) is 5.82 Å². The van der Waals surface area contributed by atoms with Gasteiger partial charge in [0.25, 0.3) is 0 Å². The number of hydrogen-bond acceptors (Lipinski definition) is 5. The van der Waals surface area contributed by atoms with Crippen molar-refractivity contribution >= 4 is 5.97 Å². The minimum absolute atomic E-state index is 0.363. The minimum atomic E-state index is -0.713. The zero-order valence-electron chi connectivity index (χ0n) is 12.3. The van der Waals surface area contributed by atoms with E-state index in [1.165, 1.54) is 12.8 Å².